The number of ether oxygens (including phenoxy) is 2. The van der Waals surface area contributed by atoms with Gasteiger partial charge < -0.3 is 9.47 Å². The van der Waals surface area contributed by atoms with Crippen LogP contribution in [0.25, 0.3) is 0 Å². The highest BCUT2D eigenvalue weighted by Gasteiger charge is 2.34. The minimum atomic E-state index is -0.233. The molecule has 0 spiro atoms. The molecule has 1 fully saturated rings. The first-order chi connectivity index (χ1) is 9.11. The number of rotatable bonds is 4. The summed E-state index contributed by atoms with van der Waals surface area (Å²) in [4.78, 5) is 20.1. The molecule has 1 aromatic rings. The Morgan fingerprint density at radius 3 is 2.79 bits per heavy atom. The molecule has 19 heavy (non-hydrogen) atoms. The molecular formula is C13H17N3O3. The predicted octanol–water partition coefficient (Wildman–Crippen LogP) is 1.40. The number of amides is 1. The lowest BCUT2D eigenvalue weighted by atomic mass is 9.96. The zero-order chi connectivity index (χ0) is 13.8. The van der Waals surface area contributed by atoms with Gasteiger partial charge in [0, 0.05) is 6.61 Å². The van der Waals surface area contributed by atoms with Crippen LogP contribution in [0.2, 0.25) is 0 Å². The van der Waals surface area contributed by atoms with Gasteiger partial charge in [0.05, 0.1) is 31.5 Å². The standard InChI is InChI=1S/C13H17N3O3/c1-8(2)11-10(4-5-19-11)12(17)16-13-14-6-9(18-3)7-15-13/h6-7,10-11H,1,4-5H2,2-3H3,(H,14,15,16,17)/t10-,11-/m1/s1. The molecule has 1 N–H and O–H groups in total. The summed E-state index contributed by atoms with van der Waals surface area (Å²) in [5.41, 5.74) is 0.855. The fourth-order valence-corrected chi connectivity index (χ4v) is 2.03. The highest BCUT2D eigenvalue weighted by molar-refractivity contribution is 5.91. The molecule has 6 heteroatoms. The smallest absolute Gasteiger partial charge is 0.232 e. The van der Waals surface area contributed by atoms with E-state index in [0.29, 0.717) is 18.8 Å². The van der Waals surface area contributed by atoms with E-state index in [-0.39, 0.29) is 23.9 Å². The minimum absolute atomic E-state index is 0.143. The molecule has 2 rings (SSSR count). The molecule has 1 aromatic heterocycles. The van der Waals surface area contributed by atoms with E-state index in [2.05, 4.69) is 21.9 Å². The molecular weight excluding hydrogens is 246 g/mol. The van der Waals surface area contributed by atoms with Crippen molar-refractivity contribution in [1.29, 1.82) is 0 Å². The highest BCUT2D eigenvalue weighted by Crippen LogP contribution is 2.26. The average Bonchev–Trinajstić information content (AvgIpc) is 2.89. The maximum Gasteiger partial charge on any atom is 0.232 e. The van der Waals surface area contributed by atoms with E-state index in [1.165, 1.54) is 19.5 Å². The van der Waals surface area contributed by atoms with Gasteiger partial charge in [-0.15, -0.1) is 0 Å². The van der Waals surface area contributed by atoms with Crippen molar-refractivity contribution < 1.29 is 14.3 Å². The Balaban J connectivity index is 2.01. The Morgan fingerprint density at radius 2 is 2.21 bits per heavy atom. The van der Waals surface area contributed by atoms with Crippen LogP contribution in [0.5, 0.6) is 5.75 Å². The van der Waals surface area contributed by atoms with Crippen LogP contribution in [0.4, 0.5) is 5.95 Å². The van der Waals surface area contributed by atoms with Crippen LogP contribution in [0, 0.1) is 5.92 Å². The Hall–Kier alpha value is -1.95. The Kier molecular flexibility index (Phi) is 4.11. The third-order valence-corrected chi connectivity index (χ3v) is 3.01. The molecule has 6 nitrogen and oxygen atoms in total. The summed E-state index contributed by atoms with van der Waals surface area (Å²) in [5.74, 6) is 0.430. The SMILES string of the molecule is C=C(C)[C@H]1OCC[C@H]1C(=O)Nc1ncc(OC)cn1. The van der Waals surface area contributed by atoms with Crippen molar-refractivity contribution in [2.45, 2.75) is 19.4 Å². The van der Waals surface area contributed by atoms with Crippen molar-refractivity contribution in [3.8, 4) is 5.75 Å². The summed E-state index contributed by atoms with van der Waals surface area (Å²) in [6.07, 6.45) is 3.46. The number of nitrogens with one attached hydrogen (secondary N) is 1. The van der Waals surface area contributed by atoms with E-state index in [0.717, 1.165) is 5.57 Å². The highest BCUT2D eigenvalue weighted by atomic mass is 16.5. The van der Waals surface area contributed by atoms with Crippen LogP contribution in [-0.2, 0) is 9.53 Å². The third-order valence-electron chi connectivity index (χ3n) is 3.01. The Labute approximate surface area is 111 Å². The van der Waals surface area contributed by atoms with Crippen molar-refractivity contribution in [2.75, 3.05) is 19.0 Å². The molecule has 0 unspecified atom stereocenters. The van der Waals surface area contributed by atoms with Gasteiger partial charge in [-0.3, -0.25) is 10.1 Å². The average molecular weight is 263 g/mol. The fraction of sp³-hybridized carbons (Fsp3) is 0.462. The molecule has 0 radical (unpaired) electrons. The largest absolute Gasteiger partial charge is 0.494 e. The number of hydrogen-bond acceptors (Lipinski definition) is 5. The predicted molar refractivity (Wildman–Crippen MR) is 69.9 cm³/mol. The van der Waals surface area contributed by atoms with Crippen LogP contribution < -0.4 is 10.1 Å². The van der Waals surface area contributed by atoms with Crippen molar-refractivity contribution in [3.63, 3.8) is 0 Å². The number of nitrogens with zero attached hydrogens (tertiary/aromatic N) is 2. The summed E-state index contributed by atoms with van der Waals surface area (Å²) in [6.45, 7) is 6.28. The van der Waals surface area contributed by atoms with Gasteiger partial charge in [0.2, 0.25) is 11.9 Å². The van der Waals surface area contributed by atoms with Crippen LogP contribution >= 0.6 is 0 Å². The fourth-order valence-electron chi connectivity index (χ4n) is 2.03. The lowest BCUT2D eigenvalue weighted by Gasteiger charge is -2.17. The first-order valence-corrected chi connectivity index (χ1v) is 6.05. The van der Waals surface area contributed by atoms with Crippen LogP contribution in [0.1, 0.15) is 13.3 Å². The van der Waals surface area contributed by atoms with E-state index in [9.17, 15) is 4.79 Å². The number of aromatic nitrogens is 2. The Bertz CT molecular complexity index is 473. The van der Waals surface area contributed by atoms with Crippen molar-refractivity contribution >= 4 is 11.9 Å². The number of carbonyl (C=O) groups excluding carboxylic acids is 1. The van der Waals surface area contributed by atoms with Crippen LogP contribution in [0.3, 0.4) is 0 Å². The summed E-state index contributed by atoms with van der Waals surface area (Å²) in [5, 5.41) is 2.68. The van der Waals surface area contributed by atoms with Gasteiger partial charge in [0.15, 0.2) is 5.75 Å². The van der Waals surface area contributed by atoms with E-state index < -0.39 is 0 Å². The summed E-state index contributed by atoms with van der Waals surface area (Å²) in [7, 11) is 1.53. The minimum Gasteiger partial charge on any atom is -0.494 e. The maximum atomic E-state index is 12.1. The molecule has 2 heterocycles. The third kappa shape index (κ3) is 3.08. The molecule has 102 valence electrons. The molecule has 0 aliphatic carbocycles. The normalized spacial score (nSPS) is 22.0. The molecule has 1 aliphatic rings. The van der Waals surface area contributed by atoms with E-state index in [4.69, 9.17) is 9.47 Å². The van der Waals surface area contributed by atoms with Gasteiger partial charge >= 0.3 is 0 Å². The first kappa shape index (κ1) is 13.5. The zero-order valence-corrected chi connectivity index (χ0v) is 11.0. The number of carbonyl (C=O) groups is 1. The second kappa shape index (κ2) is 5.79. The number of methoxy groups -OCH3 is 1. The summed E-state index contributed by atoms with van der Waals surface area (Å²) >= 11 is 0. The maximum absolute atomic E-state index is 12.1. The molecule has 0 bridgehead atoms. The van der Waals surface area contributed by atoms with Gasteiger partial charge in [0.25, 0.3) is 0 Å². The monoisotopic (exact) mass is 263 g/mol. The first-order valence-electron chi connectivity index (χ1n) is 6.05. The van der Waals surface area contributed by atoms with Gasteiger partial charge in [0.1, 0.15) is 0 Å². The summed E-state index contributed by atoms with van der Waals surface area (Å²) < 4.78 is 10.5. The lowest BCUT2D eigenvalue weighted by Crippen LogP contribution is -2.30. The number of hydrogen-bond donors (Lipinski definition) is 1. The quantitative estimate of drug-likeness (QED) is 0.831. The van der Waals surface area contributed by atoms with E-state index >= 15 is 0 Å². The number of anilines is 1. The van der Waals surface area contributed by atoms with Crippen LogP contribution in [-0.4, -0.2) is 35.7 Å². The second-order valence-electron chi connectivity index (χ2n) is 4.47. The van der Waals surface area contributed by atoms with Gasteiger partial charge in [-0.2, -0.15) is 0 Å². The lowest BCUT2D eigenvalue weighted by molar-refractivity contribution is -0.120. The second-order valence-corrected chi connectivity index (χ2v) is 4.47. The summed E-state index contributed by atoms with van der Waals surface area (Å²) in [6, 6.07) is 0. The Morgan fingerprint density at radius 1 is 1.53 bits per heavy atom. The van der Waals surface area contributed by atoms with Crippen molar-refractivity contribution in [3.05, 3.63) is 24.5 Å². The molecule has 1 saturated heterocycles. The topological polar surface area (TPSA) is 73.3 Å². The molecule has 1 aliphatic heterocycles. The van der Waals surface area contributed by atoms with Crippen LogP contribution in [0.15, 0.2) is 24.5 Å². The van der Waals surface area contributed by atoms with E-state index in [1.807, 2.05) is 6.92 Å². The zero-order valence-electron chi connectivity index (χ0n) is 11.0. The molecule has 2 atom stereocenters. The van der Waals surface area contributed by atoms with E-state index in [1.54, 1.807) is 0 Å². The van der Waals surface area contributed by atoms with Crippen molar-refractivity contribution in [1.82, 2.24) is 9.97 Å². The van der Waals surface area contributed by atoms with Crippen molar-refractivity contribution in [2.24, 2.45) is 5.92 Å². The molecule has 0 aromatic carbocycles. The molecule has 0 saturated carbocycles. The van der Waals surface area contributed by atoms with Gasteiger partial charge in [-0.1, -0.05) is 12.2 Å². The molecule has 1 amide bonds. The van der Waals surface area contributed by atoms with Gasteiger partial charge in [-0.05, 0) is 13.3 Å². The van der Waals surface area contributed by atoms with Gasteiger partial charge in [-0.25, -0.2) is 9.97 Å².